The van der Waals surface area contributed by atoms with Crippen LogP contribution in [0, 0.1) is 11.3 Å². The predicted molar refractivity (Wildman–Crippen MR) is 160 cm³/mol. The molecule has 15 nitrogen and oxygen atoms in total. The number of β-amino-alcohol motifs (C(OH)–C–C–N with tert-alkyl or cyclic N) is 1. The molecule has 0 radical (unpaired) electrons. The van der Waals surface area contributed by atoms with Crippen molar-refractivity contribution in [3.8, 4) is 0 Å². The van der Waals surface area contributed by atoms with E-state index < -0.39 is 77.9 Å². The Morgan fingerprint density at radius 2 is 1.93 bits per heavy atom. The molecule has 0 spiro atoms. The third-order valence-electron chi connectivity index (χ3n) is 10.3. The molecule has 3 aliphatic heterocycles. The van der Waals surface area contributed by atoms with E-state index in [1.165, 1.54) is 0 Å². The minimum absolute atomic E-state index is 0.0952. The van der Waals surface area contributed by atoms with Gasteiger partial charge in [-0.2, -0.15) is 0 Å². The van der Waals surface area contributed by atoms with Gasteiger partial charge in [0.05, 0.1) is 31.3 Å². The van der Waals surface area contributed by atoms with Crippen LogP contribution >= 0.6 is 0 Å². The zero-order valence-electron chi connectivity index (χ0n) is 25.8. The van der Waals surface area contributed by atoms with Gasteiger partial charge in [0.25, 0.3) is 5.91 Å². The lowest BCUT2D eigenvalue weighted by molar-refractivity contribution is -0.297. The van der Waals surface area contributed by atoms with Crippen molar-refractivity contribution < 1.29 is 39.4 Å². The monoisotopic (exact) mass is 627 g/mol. The van der Waals surface area contributed by atoms with Crippen LogP contribution in [0.15, 0.2) is 11.8 Å². The Hall–Kier alpha value is -1.47. The molecule has 12 atom stereocenters. The number of hydrogen-bond acceptors (Lipinski definition) is 14. The fraction of sp³-hybridized carbons (Fsp3) is 0.897. The number of aliphatic hydroxyl groups excluding tert-OH is 2. The molecule has 5 aliphatic rings. The zero-order valence-corrected chi connectivity index (χ0v) is 25.8. The van der Waals surface area contributed by atoms with E-state index >= 15 is 0 Å². The molecule has 252 valence electrons. The molecule has 0 aromatic rings. The van der Waals surface area contributed by atoms with Gasteiger partial charge in [-0.1, -0.05) is 0 Å². The molecule has 1 amide bonds. The third-order valence-corrected chi connectivity index (χ3v) is 10.3. The van der Waals surface area contributed by atoms with Crippen LogP contribution in [0.3, 0.4) is 0 Å². The molecule has 5 rings (SSSR count). The molecule has 15 heteroatoms. The minimum atomic E-state index is -1.61. The topological polar surface area (TPSA) is 252 Å². The molecule has 0 aromatic heterocycles. The summed E-state index contributed by atoms with van der Waals surface area (Å²) in [4.78, 5) is 13.2. The molecule has 2 unspecified atom stereocenters. The summed E-state index contributed by atoms with van der Waals surface area (Å²) in [5.41, 5.74) is 16.3. The highest BCUT2D eigenvalue weighted by Crippen LogP contribution is 2.43. The Morgan fingerprint density at radius 1 is 1.18 bits per heavy atom. The summed E-state index contributed by atoms with van der Waals surface area (Å²) < 4.78 is 18.4. The first-order valence-electron chi connectivity index (χ1n) is 15.9. The summed E-state index contributed by atoms with van der Waals surface area (Å²) in [6.07, 6.45) is -0.504. The molecule has 2 aliphatic carbocycles. The van der Waals surface area contributed by atoms with Crippen LogP contribution in [0.2, 0.25) is 0 Å². The second-order valence-corrected chi connectivity index (χ2v) is 13.9. The van der Waals surface area contributed by atoms with Crippen molar-refractivity contribution in [2.45, 2.75) is 105 Å². The molecule has 2 saturated carbocycles. The second-order valence-electron chi connectivity index (χ2n) is 13.9. The van der Waals surface area contributed by atoms with E-state index in [0.717, 1.165) is 19.4 Å². The molecular formula is C29H53N7O8. The van der Waals surface area contributed by atoms with Gasteiger partial charge in [0, 0.05) is 31.1 Å². The zero-order chi connectivity index (χ0) is 31.9. The van der Waals surface area contributed by atoms with Crippen LogP contribution in [-0.4, -0.2) is 139 Å². The van der Waals surface area contributed by atoms with Crippen LogP contribution < -0.4 is 38.5 Å². The summed E-state index contributed by atoms with van der Waals surface area (Å²) in [6, 6.07) is -2.73. The second kappa shape index (κ2) is 13.3. The van der Waals surface area contributed by atoms with Crippen LogP contribution in [0.5, 0.6) is 0 Å². The number of amides is 1. The summed E-state index contributed by atoms with van der Waals surface area (Å²) in [5.74, 6) is -0.586. The lowest BCUT2D eigenvalue weighted by Gasteiger charge is -2.50. The van der Waals surface area contributed by atoms with E-state index in [2.05, 4.69) is 21.3 Å². The van der Waals surface area contributed by atoms with Gasteiger partial charge in [0.1, 0.15) is 29.7 Å². The van der Waals surface area contributed by atoms with Crippen molar-refractivity contribution >= 4 is 5.91 Å². The lowest BCUT2D eigenvalue weighted by Crippen LogP contribution is -2.70. The van der Waals surface area contributed by atoms with Gasteiger partial charge in [0.15, 0.2) is 11.9 Å². The standard InChI is InChI=1S/C29H53N7O8/c1-27(40)14-42-25(21(38)24(27)33-2)44-23-18(36-26(39)29(41)7-8-34-13-29)9-17(32)19(20(23)37)22-16(31)4-3-15(43-22)10-35-12-28(11-30)5-6-28/h3,16-25,33-35,37-38,40-41H,4-14,30-32H2,1-2H3,(H,36,39)/t16-,17+,18-,19-,20+,21-,22?,23+,24-,25-,27+,29?/m1/s1. The van der Waals surface area contributed by atoms with E-state index in [1.54, 1.807) is 14.0 Å². The number of ether oxygens (including phenoxy) is 3. The van der Waals surface area contributed by atoms with Crippen molar-refractivity contribution in [1.29, 1.82) is 0 Å². The van der Waals surface area contributed by atoms with Gasteiger partial charge in [-0.05, 0) is 70.7 Å². The molecular weight excluding hydrogens is 574 g/mol. The SMILES string of the molecule is CN[C@@H]1[C@@H](O)[C@@H](O[C@@H]2[C@@H](O)[C@H](C3OC(CNCC4(CN)CC4)=CC[C@H]3N)[C@@H](N)C[C@H]2NC(=O)C2(O)CCNC2)OC[C@]1(C)O. The number of hydrogen-bond donors (Lipinski definition) is 11. The highest BCUT2D eigenvalue weighted by atomic mass is 16.7. The van der Waals surface area contributed by atoms with E-state index in [-0.39, 0.29) is 31.4 Å². The molecule has 0 bridgehead atoms. The Bertz CT molecular complexity index is 1040. The largest absolute Gasteiger partial charge is 0.492 e. The van der Waals surface area contributed by atoms with Gasteiger partial charge < -0.3 is 73.1 Å². The van der Waals surface area contributed by atoms with Crippen LogP contribution in [0.25, 0.3) is 0 Å². The normalized spacial score (nSPS) is 45.3. The first kappa shape index (κ1) is 33.9. The van der Waals surface area contributed by atoms with E-state index in [1.807, 2.05) is 6.08 Å². The minimum Gasteiger partial charge on any atom is -0.492 e. The Balaban J connectivity index is 1.33. The first-order chi connectivity index (χ1) is 20.8. The molecule has 4 fully saturated rings. The summed E-state index contributed by atoms with van der Waals surface area (Å²) in [7, 11) is 1.61. The van der Waals surface area contributed by atoms with Gasteiger partial charge in [-0.15, -0.1) is 0 Å². The number of nitrogens with two attached hydrogens (primary N) is 3. The van der Waals surface area contributed by atoms with Crippen molar-refractivity contribution in [2.24, 2.45) is 28.5 Å². The van der Waals surface area contributed by atoms with E-state index in [0.29, 0.717) is 31.8 Å². The maximum Gasteiger partial charge on any atom is 0.253 e. The molecule has 3 heterocycles. The van der Waals surface area contributed by atoms with Crippen LogP contribution in [-0.2, 0) is 19.0 Å². The van der Waals surface area contributed by atoms with Gasteiger partial charge in [-0.3, -0.25) is 4.79 Å². The summed E-state index contributed by atoms with van der Waals surface area (Å²) >= 11 is 0. The number of rotatable bonds is 11. The van der Waals surface area contributed by atoms with Gasteiger partial charge in [0.2, 0.25) is 0 Å². The molecule has 2 saturated heterocycles. The third kappa shape index (κ3) is 6.94. The number of nitrogens with one attached hydrogen (secondary N) is 4. The van der Waals surface area contributed by atoms with Gasteiger partial charge in [-0.25, -0.2) is 0 Å². The van der Waals surface area contributed by atoms with E-state index in [9.17, 15) is 25.2 Å². The highest BCUT2D eigenvalue weighted by molar-refractivity contribution is 5.86. The van der Waals surface area contributed by atoms with Crippen molar-refractivity contribution in [3.05, 3.63) is 11.8 Å². The highest BCUT2D eigenvalue weighted by Gasteiger charge is 2.54. The molecule has 0 aromatic carbocycles. The van der Waals surface area contributed by atoms with Crippen molar-refractivity contribution in [3.63, 3.8) is 0 Å². The Morgan fingerprint density at radius 3 is 2.57 bits per heavy atom. The maximum atomic E-state index is 13.2. The fourth-order valence-corrected chi connectivity index (χ4v) is 7.22. The Kier molecular flexibility index (Phi) is 10.3. The summed E-state index contributed by atoms with van der Waals surface area (Å²) in [5, 5.41) is 56.8. The van der Waals surface area contributed by atoms with Crippen LogP contribution in [0.1, 0.15) is 39.0 Å². The van der Waals surface area contributed by atoms with E-state index in [4.69, 9.17) is 31.4 Å². The number of carbonyl (C=O) groups is 1. The quantitative estimate of drug-likeness (QED) is 0.104. The smallest absolute Gasteiger partial charge is 0.253 e. The number of carbonyl (C=O) groups excluding carboxylic acids is 1. The average molecular weight is 628 g/mol. The molecule has 14 N–H and O–H groups in total. The fourth-order valence-electron chi connectivity index (χ4n) is 7.22. The molecule has 44 heavy (non-hydrogen) atoms. The van der Waals surface area contributed by atoms with Crippen LogP contribution in [0.4, 0.5) is 0 Å². The lowest BCUT2D eigenvalue weighted by atomic mass is 9.72. The van der Waals surface area contributed by atoms with Gasteiger partial charge >= 0.3 is 0 Å². The Labute approximate surface area is 258 Å². The first-order valence-corrected chi connectivity index (χ1v) is 15.9. The van der Waals surface area contributed by atoms with Crippen molar-refractivity contribution in [2.75, 3.05) is 46.4 Å². The number of aliphatic hydroxyl groups is 4. The number of likely N-dealkylation sites (N-methyl/N-ethyl adjacent to an activating group) is 1. The van der Waals surface area contributed by atoms with Crippen molar-refractivity contribution in [1.82, 2.24) is 21.3 Å². The predicted octanol–water partition coefficient (Wildman–Crippen LogP) is -4.33. The maximum absolute atomic E-state index is 13.2. The summed E-state index contributed by atoms with van der Waals surface area (Å²) in [6.45, 7) is 3.89. The average Bonchev–Trinajstić information content (AvgIpc) is 3.62.